The maximum Gasteiger partial charge on any atom is 0.338 e. The third-order valence-corrected chi connectivity index (χ3v) is 7.74. The van der Waals surface area contributed by atoms with Crippen LogP contribution in [0.25, 0.3) is 33.0 Å². The normalized spacial score (nSPS) is 10.7. The van der Waals surface area contributed by atoms with Crippen LogP contribution in [0.2, 0.25) is 0 Å². The fraction of sp³-hybridized carbons (Fsp3) is 0.0476. The zero-order valence-electron chi connectivity index (χ0n) is 26.3. The molecular weight excluding hydrogens is 582 g/mol. The van der Waals surface area contributed by atoms with E-state index in [4.69, 9.17) is 9.47 Å². The lowest BCUT2D eigenvalue weighted by Gasteiger charge is -2.26. The summed E-state index contributed by atoms with van der Waals surface area (Å²) >= 11 is 0. The molecule has 0 spiro atoms. The Hall–Kier alpha value is -6.20. The van der Waals surface area contributed by atoms with Crippen molar-refractivity contribution >= 4 is 39.8 Å². The first-order valence-corrected chi connectivity index (χ1v) is 15.2. The van der Waals surface area contributed by atoms with Crippen LogP contribution in [0.5, 0.6) is 11.5 Å². The van der Waals surface area contributed by atoms with Crippen molar-refractivity contribution in [1.29, 1.82) is 0 Å². The van der Waals surface area contributed by atoms with E-state index in [1.165, 1.54) is 5.39 Å². The van der Waals surface area contributed by atoms with Crippen molar-refractivity contribution in [2.75, 3.05) is 4.90 Å². The molecule has 47 heavy (non-hydrogen) atoms. The number of anilines is 3. The summed E-state index contributed by atoms with van der Waals surface area (Å²) in [6.07, 6.45) is 0. The second-order valence-electron chi connectivity index (χ2n) is 11.3. The fourth-order valence-electron chi connectivity index (χ4n) is 5.19. The van der Waals surface area contributed by atoms with Crippen molar-refractivity contribution in [3.05, 3.63) is 164 Å². The molecule has 0 aliphatic heterocycles. The maximum absolute atomic E-state index is 11.9. The highest BCUT2D eigenvalue weighted by molar-refractivity contribution is 5.91. The summed E-state index contributed by atoms with van der Waals surface area (Å²) < 4.78 is 10.7. The van der Waals surface area contributed by atoms with Gasteiger partial charge in [0.2, 0.25) is 0 Å². The SMILES string of the molecule is C=C(C)C(=O)Oc1ccc(-c2ccc(N(c3ccc(-c4ccc(OC(=O)C(=C)C)cc4)cc3)c3ccc4ccccc4c3)cc2)cc1. The molecule has 0 bridgehead atoms. The van der Waals surface area contributed by atoms with Gasteiger partial charge < -0.3 is 14.4 Å². The van der Waals surface area contributed by atoms with Crippen LogP contribution in [0.15, 0.2) is 164 Å². The fourth-order valence-corrected chi connectivity index (χ4v) is 5.19. The lowest BCUT2D eigenvalue weighted by Crippen LogP contribution is -2.10. The molecule has 0 radical (unpaired) electrons. The van der Waals surface area contributed by atoms with Crippen LogP contribution in [0, 0.1) is 0 Å². The van der Waals surface area contributed by atoms with Crippen molar-refractivity contribution in [3.63, 3.8) is 0 Å². The average molecular weight is 616 g/mol. The molecule has 0 fully saturated rings. The Morgan fingerprint density at radius 2 is 0.830 bits per heavy atom. The first-order valence-electron chi connectivity index (χ1n) is 15.2. The lowest BCUT2D eigenvalue weighted by molar-refractivity contribution is -0.130. The molecule has 6 aromatic rings. The van der Waals surface area contributed by atoms with Gasteiger partial charge >= 0.3 is 11.9 Å². The van der Waals surface area contributed by atoms with Gasteiger partial charge in [-0.15, -0.1) is 0 Å². The molecule has 0 heterocycles. The Balaban J connectivity index is 1.30. The molecule has 230 valence electrons. The van der Waals surface area contributed by atoms with Crippen LogP contribution in [0.1, 0.15) is 13.8 Å². The van der Waals surface area contributed by atoms with Gasteiger partial charge in [0, 0.05) is 28.2 Å². The van der Waals surface area contributed by atoms with Crippen LogP contribution in [-0.4, -0.2) is 11.9 Å². The molecule has 0 saturated carbocycles. The van der Waals surface area contributed by atoms with E-state index in [-0.39, 0.29) is 0 Å². The summed E-state index contributed by atoms with van der Waals surface area (Å²) in [7, 11) is 0. The first-order chi connectivity index (χ1) is 22.7. The zero-order valence-corrected chi connectivity index (χ0v) is 26.3. The Kier molecular flexibility index (Phi) is 8.80. The molecule has 0 aliphatic carbocycles. The van der Waals surface area contributed by atoms with Crippen LogP contribution in [0.4, 0.5) is 17.1 Å². The molecule has 6 aromatic carbocycles. The van der Waals surface area contributed by atoms with E-state index < -0.39 is 11.9 Å². The number of carbonyl (C=O) groups is 2. The molecular formula is C42H33NO4. The molecule has 0 saturated heterocycles. The lowest BCUT2D eigenvalue weighted by atomic mass is 10.0. The summed E-state index contributed by atoms with van der Waals surface area (Å²) in [5.74, 6) is 0.0739. The monoisotopic (exact) mass is 615 g/mol. The van der Waals surface area contributed by atoms with Gasteiger partial charge in [0.05, 0.1) is 0 Å². The molecule has 0 aliphatic rings. The van der Waals surface area contributed by atoms with E-state index in [0.717, 1.165) is 44.7 Å². The van der Waals surface area contributed by atoms with Crippen molar-refractivity contribution in [2.24, 2.45) is 0 Å². The highest BCUT2D eigenvalue weighted by Gasteiger charge is 2.15. The van der Waals surface area contributed by atoms with Gasteiger partial charge in [-0.3, -0.25) is 0 Å². The van der Waals surface area contributed by atoms with E-state index in [9.17, 15) is 9.59 Å². The molecule has 0 aromatic heterocycles. The number of benzene rings is 6. The van der Waals surface area contributed by atoms with Gasteiger partial charge in [-0.25, -0.2) is 9.59 Å². The first kappa shape index (κ1) is 30.8. The number of ether oxygens (including phenoxy) is 2. The maximum atomic E-state index is 11.9. The molecule has 5 heteroatoms. The largest absolute Gasteiger partial charge is 0.423 e. The van der Waals surface area contributed by atoms with Gasteiger partial charge in [-0.1, -0.05) is 92.0 Å². The van der Waals surface area contributed by atoms with Gasteiger partial charge in [-0.05, 0) is 108 Å². The van der Waals surface area contributed by atoms with E-state index >= 15 is 0 Å². The Labute approximate surface area is 274 Å². The van der Waals surface area contributed by atoms with Gasteiger partial charge in [-0.2, -0.15) is 0 Å². The second-order valence-corrected chi connectivity index (χ2v) is 11.3. The number of fused-ring (bicyclic) bond motifs is 1. The minimum Gasteiger partial charge on any atom is -0.423 e. The predicted octanol–water partition coefficient (Wildman–Crippen LogP) is 10.6. The van der Waals surface area contributed by atoms with Gasteiger partial charge in [0.25, 0.3) is 0 Å². The number of hydrogen-bond acceptors (Lipinski definition) is 5. The summed E-state index contributed by atoms with van der Waals surface area (Å²) in [5, 5.41) is 2.33. The van der Waals surface area contributed by atoms with Crippen molar-refractivity contribution in [1.82, 2.24) is 0 Å². The van der Waals surface area contributed by atoms with Crippen molar-refractivity contribution < 1.29 is 19.1 Å². The van der Waals surface area contributed by atoms with Crippen LogP contribution in [-0.2, 0) is 9.59 Å². The Morgan fingerprint density at radius 1 is 0.468 bits per heavy atom. The standard InChI is InChI=1S/C42H33NO4/c1-28(2)41(44)46-39-23-14-33(15-24-39)31-9-18-36(19-10-31)43(38-22-13-30-7-5-6-8-35(30)27-38)37-20-11-32(12-21-37)34-16-25-40(26-17-34)47-42(45)29(3)4/h5-27H,1,3H2,2,4H3. The average Bonchev–Trinajstić information content (AvgIpc) is 3.09. The minimum absolute atomic E-state index is 0.354. The second kappa shape index (κ2) is 13.4. The zero-order chi connectivity index (χ0) is 32.9. The number of esters is 2. The van der Waals surface area contributed by atoms with Crippen molar-refractivity contribution in [3.8, 4) is 33.8 Å². The van der Waals surface area contributed by atoms with Crippen molar-refractivity contribution in [2.45, 2.75) is 13.8 Å². The molecule has 5 nitrogen and oxygen atoms in total. The number of rotatable bonds is 9. The Morgan fingerprint density at radius 3 is 1.23 bits per heavy atom. The summed E-state index contributed by atoms with van der Waals surface area (Å²) in [6.45, 7) is 10.5. The van der Waals surface area contributed by atoms with Crippen LogP contribution in [0.3, 0.4) is 0 Å². The third-order valence-electron chi connectivity index (χ3n) is 7.74. The summed E-state index contributed by atoms with van der Waals surface area (Å²) in [4.78, 5) is 26.0. The molecule has 6 rings (SSSR count). The van der Waals surface area contributed by atoms with E-state index in [1.807, 2.05) is 30.3 Å². The van der Waals surface area contributed by atoms with Crippen LogP contribution >= 0.6 is 0 Å². The van der Waals surface area contributed by atoms with E-state index in [0.29, 0.717) is 22.6 Å². The summed E-state index contributed by atoms with van der Waals surface area (Å²) in [6, 6.07) is 46.5. The van der Waals surface area contributed by atoms with Crippen LogP contribution < -0.4 is 14.4 Å². The molecule has 0 N–H and O–H groups in total. The summed E-state index contributed by atoms with van der Waals surface area (Å²) in [5.41, 5.74) is 7.86. The van der Waals surface area contributed by atoms with E-state index in [2.05, 4.69) is 103 Å². The molecule has 0 atom stereocenters. The topological polar surface area (TPSA) is 55.8 Å². The molecule has 0 amide bonds. The highest BCUT2D eigenvalue weighted by atomic mass is 16.5. The number of carbonyl (C=O) groups excluding carboxylic acids is 2. The highest BCUT2D eigenvalue weighted by Crippen LogP contribution is 2.38. The smallest absolute Gasteiger partial charge is 0.338 e. The van der Waals surface area contributed by atoms with E-state index in [1.54, 1.807) is 38.1 Å². The number of nitrogens with zero attached hydrogens (tertiary/aromatic N) is 1. The minimum atomic E-state index is -0.441. The number of hydrogen-bond donors (Lipinski definition) is 0. The van der Waals surface area contributed by atoms with Gasteiger partial charge in [0.1, 0.15) is 11.5 Å². The Bertz CT molecular complexity index is 1980. The predicted molar refractivity (Wildman–Crippen MR) is 190 cm³/mol. The molecule has 0 unspecified atom stereocenters. The third kappa shape index (κ3) is 7.05. The van der Waals surface area contributed by atoms with Gasteiger partial charge in [0.15, 0.2) is 0 Å². The quantitative estimate of drug-likeness (QED) is 0.0920.